The van der Waals surface area contributed by atoms with Crippen LogP contribution < -0.4 is 16.0 Å². The molecule has 1 aromatic heterocycles. The summed E-state index contributed by atoms with van der Waals surface area (Å²) in [6, 6.07) is 19.9. The highest BCUT2D eigenvalue weighted by atomic mass is 16.2. The number of carbonyl (C=O) groups is 2. The van der Waals surface area contributed by atoms with Gasteiger partial charge in [0.2, 0.25) is 5.91 Å². The van der Waals surface area contributed by atoms with E-state index in [4.69, 9.17) is 0 Å². The van der Waals surface area contributed by atoms with Gasteiger partial charge in [0.05, 0.1) is 17.1 Å². The molecule has 1 atom stereocenters. The summed E-state index contributed by atoms with van der Waals surface area (Å²) in [5.74, 6) is 0.179. The van der Waals surface area contributed by atoms with E-state index in [9.17, 15) is 9.59 Å². The van der Waals surface area contributed by atoms with Gasteiger partial charge in [-0.2, -0.15) is 0 Å². The minimum Gasteiger partial charge on any atom is -0.356 e. The number of fused-ring (bicyclic) bond motifs is 1. The van der Waals surface area contributed by atoms with Gasteiger partial charge in [0, 0.05) is 37.3 Å². The van der Waals surface area contributed by atoms with Crippen LogP contribution in [0.1, 0.15) is 36.9 Å². The molecule has 3 N–H and O–H groups in total. The first-order valence-corrected chi connectivity index (χ1v) is 13.0. The van der Waals surface area contributed by atoms with E-state index in [1.165, 1.54) is 5.56 Å². The second-order valence-electron chi connectivity index (χ2n) is 9.58. The number of nitrogens with zero attached hydrogens (tertiary/aromatic N) is 2. The zero-order valence-corrected chi connectivity index (χ0v) is 21.1. The number of anilines is 1. The van der Waals surface area contributed by atoms with Crippen molar-refractivity contribution in [3.05, 3.63) is 71.9 Å². The molecular weight excluding hydrogens is 450 g/mol. The molecule has 1 unspecified atom stereocenters. The zero-order chi connectivity index (χ0) is 25.2. The molecule has 36 heavy (non-hydrogen) atoms. The van der Waals surface area contributed by atoms with Crippen LogP contribution in [0.5, 0.6) is 0 Å². The highest BCUT2D eigenvalue weighted by Crippen LogP contribution is 2.22. The van der Waals surface area contributed by atoms with E-state index in [0.717, 1.165) is 80.6 Å². The number of para-hydroxylation sites is 1. The van der Waals surface area contributed by atoms with Crippen LogP contribution in [0.3, 0.4) is 0 Å². The van der Waals surface area contributed by atoms with Crippen LogP contribution in [-0.2, 0) is 11.2 Å². The Balaban J connectivity index is 1.14. The molecule has 3 amide bonds. The average Bonchev–Trinajstić information content (AvgIpc) is 2.89. The summed E-state index contributed by atoms with van der Waals surface area (Å²) in [7, 11) is 0. The number of nitrogens with one attached hydrogen (secondary N) is 3. The van der Waals surface area contributed by atoms with Gasteiger partial charge >= 0.3 is 6.03 Å². The van der Waals surface area contributed by atoms with Crippen molar-refractivity contribution in [2.45, 2.75) is 39.0 Å². The van der Waals surface area contributed by atoms with Gasteiger partial charge in [-0.05, 0) is 63.3 Å². The fraction of sp³-hybridized carbons (Fsp3) is 0.414. The van der Waals surface area contributed by atoms with E-state index in [2.05, 4.69) is 50.1 Å². The third-order valence-corrected chi connectivity index (χ3v) is 6.72. The van der Waals surface area contributed by atoms with Crippen LogP contribution in [0.4, 0.5) is 10.5 Å². The number of unbranched alkanes of at least 4 members (excludes halogenated alkanes) is 1. The smallest absolute Gasteiger partial charge is 0.319 e. The zero-order valence-electron chi connectivity index (χ0n) is 21.1. The number of amides is 3. The highest BCUT2D eigenvalue weighted by Gasteiger charge is 2.25. The first kappa shape index (κ1) is 25.6. The van der Waals surface area contributed by atoms with Crippen LogP contribution in [0.15, 0.2) is 60.7 Å². The van der Waals surface area contributed by atoms with Crippen molar-refractivity contribution in [1.82, 2.24) is 20.5 Å². The Kier molecular flexibility index (Phi) is 9.27. The fourth-order valence-corrected chi connectivity index (χ4v) is 4.83. The number of rotatable bonds is 10. The number of aryl methyl sites for hydroxylation is 2. The van der Waals surface area contributed by atoms with Crippen molar-refractivity contribution >= 4 is 28.5 Å². The summed E-state index contributed by atoms with van der Waals surface area (Å²) in [4.78, 5) is 32.0. The van der Waals surface area contributed by atoms with Gasteiger partial charge in [0.15, 0.2) is 0 Å². The van der Waals surface area contributed by atoms with Crippen molar-refractivity contribution in [3.63, 3.8) is 0 Å². The SMILES string of the molecule is Cc1cc(NC(=O)NCCN2CCCC(C(=O)NCCCCc3ccccc3)C2)c2ccccc2n1. The van der Waals surface area contributed by atoms with Crippen LogP contribution in [0.2, 0.25) is 0 Å². The molecule has 0 aliphatic carbocycles. The van der Waals surface area contributed by atoms with Crippen molar-refractivity contribution in [1.29, 1.82) is 0 Å². The molecule has 3 aromatic rings. The maximum absolute atomic E-state index is 12.7. The quantitative estimate of drug-likeness (QED) is 0.367. The third-order valence-electron chi connectivity index (χ3n) is 6.72. The van der Waals surface area contributed by atoms with Gasteiger partial charge in [-0.3, -0.25) is 9.78 Å². The van der Waals surface area contributed by atoms with Gasteiger partial charge < -0.3 is 20.9 Å². The standard InChI is InChI=1S/C29H37N5O2/c1-22-20-27(25-14-5-6-15-26(25)32-22)33-29(36)31-17-19-34-18-9-13-24(21-34)28(35)30-16-8-7-12-23-10-3-2-4-11-23/h2-6,10-11,14-15,20,24H,7-9,12-13,16-19,21H2,1H3,(H,30,35)(H2,31,32,33,36). The number of urea groups is 1. The molecule has 0 bridgehead atoms. The van der Waals surface area contributed by atoms with Crippen molar-refractivity contribution in [2.75, 3.05) is 38.0 Å². The van der Waals surface area contributed by atoms with E-state index < -0.39 is 0 Å². The molecule has 0 spiro atoms. The van der Waals surface area contributed by atoms with Crippen molar-refractivity contribution in [3.8, 4) is 0 Å². The Morgan fingerprint density at radius 2 is 1.81 bits per heavy atom. The lowest BCUT2D eigenvalue weighted by Gasteiger charge is -2.32. The number of benzene rings is 2. The first-order chi connectivity index (χ1) is 17.6. The minimum absolute atomic E-state index is 0.0212. The molecule has 1 saturated heterocycles. The molecule has 4 rings (SSSR count). The lowest BCUT2D eigenvalue weighted by atomic mass is 9.97. The number of hydrogen-bond donors (Lipinski definition) is 3. The Morgan fingerprint density at radius 3 is 2.67 bits per heavy atom. The Labute approximate surface area is 213 Å². The van der Waals surface area contributed by atoms with Crippen LogP contribution >= 0.6 is 0 Å². The van der Waals surface area contributed by atoms with Crippen LogP contribution in [0.25, 0.3) is 10.9 Å². The van der Waals surface area contributed by atoms with Gasteiger partial charge in [0.1, 0.15) is 0 Å². The summed E-state index contributed by atoms with van der Waals surface area (Å²) in [6.45, 7) is 5.61. The maximum atomic E-state index is 12.7. The molecular formula is C29H37N5O2. The largest absolute Gasteiger partial charge is 0.356 e. The van der Waals surface area contributed by atoms with Crippen molar-refractivity contribution < 1.29 is 9.59 Å². The minimum atomic E-state index is -0.229. The van der Waals surface area contributed by atoms with Gasteiger partial charge in [-0.15, -0.1) is 0 Å². The molecule has 1 fully saturated rings. The molecule has 2 aromatic carbocycles. The van der Waals surface area contributed by atoms with E-state index in [-0.39, 0.29) is 17.9 Å². The second-order valence-corrected chi connectivity index (χ2v) is 9.58. The molecule has 0 saturated carbocycles. The molecule has 7 heteroatoms. The molecule has 1 aliphatic rings. The number of carbonyl (C=O) groups excluding carboxylic acids is 2. The van der Waals surface area contributed by atoms with Gasteiger partial charge in [-0.25, -0.2) is 4.79 Å². The number of piperidine rings is 1. The Morgan fingerprint density at radius 1 is 1.00 bits per heavy atom. The maximum Gasteiger partial charge on any atom is 0.319 e. The number of hydrogen-bond acceptors (Lipinski definition) is 4. The fourth-order valence-electron chi connectivity index (χ4n) is 4.83. The third kappa shape index (κ3) is 7.52. The predicted molar refractivity (Wildman–Crippen MR) is 145 cm³/mol. The molecule has 7 nitrogen and oxygen atoms in total. The van der Waals surface area contributed by atoms with E-state index >= 15 is 0 Å². The van der Waals surface area contributed by atoms with E-state index in [0.29, 0.717) is 6.54 Å². The summed E-state index contributed by atoms with van der Waals surface area (Å²) < 4.78 is 0. The van der Waals surface area contributed by atoms with Gasteiger partial charge in [-0.1, -0.05) is 48.5 Å². The van der Waals surface area contributed by atoms with Crippen LogP contribution in [-0.4, -0.2) is 54.5 Å². The molecule has 2 heterocycles. The lowest BCUT2D eigenvalue weighted by molar-refractivity contribution is -0.126. The first-order valence-electron chi connectivity index (χ1n) is 13.0. The monoisotopic (exact) mass is 487 g/mol. The Hall–Kier alpha value is -3.45. The normalized spacial score (nSPS) is 16.0. The van der Waals surface area contributed by atoms with Crippen molar-refractivity contribution in [2.24, 2.45) is 5.92 Å². The topological polar surface area (TPSA) is 86.4 Å². The Bertz CT molecular complexity index is 1150. The van der Waals surface area contributed by atoms with Gasteiger partial charge in [0.25, 0.3) is 0 Å². The summed E-state index contributed by atoms with van der Waals surface area (Å²) in [6.07, 6.45) is 5.03. The summed E-state index contributed by atoms with van der Waals surface area (Å²) in [5.41, 5.74) is 3.83. The molecule has 1 aliphatic heterocycles. The lowest BCUT2D eigenvalue weighted by Crippen LogP contribution is -2.45. The van der Waals surface area contributed by atoms with E-state index in [1.807, 2.05) is 43.3 Å². The molecule has 0 radical (unpaired) electrons. The molecule has 190 valence electrons. The van der Waals surface area contributed by atoms with E-state index in [1.54, 1.807) is 0 Å². The number of likely N-dealkylation sites (tertiary alicyclic amines) is 1. The second kappa shape index (κ2) is 13.0. The van der Waals surface area contributed by atoms with Crippen LogP contribution in [0, 0.1) is 12.8 Å². The number of pyridine rings is 1. The predicted octanol–water partition coefficient (Wildman–Crippen LogP) is 4.52. The highest BCUT2D eigenvalue weighted by molar-refractivity contribution is 6.00. The average molecular weight is 488 g/mol. The number of aromatic nitrogens is 1. The summed E-state index contributed by atoms with van der Waals surface area (Å²) >= 11 is 0. The summed E-state index contributed by atoms with van der Waals surface area (Å²) in [5, 5.41) is 9.97.